The van der Waals surface area contributed by atoms with Crippen LogP contribution in [0.2, 0.25) is 0 Å². The van der Waals surface area contributed by atoms with Gasteiger partial charge in [-0.1, -0.05) is 29.8 Å². The molecule has 1 heterocycles. The predicted octanol–water partition coefficient (Wildman–Crippen LogP) is 4.41. The first-order valence-corrected chi connectivity index (χ1v) is 9.67. The Labute approximate surface area is 154 Å². The van der Waals surface area contributed by atoms with Crippen molar-refractivity contribution in [3.8, 4) is 0 Å². The Morgan fingerprint density at radius 2 is 2.00 bits per heavy atom. The smallest absolute Gasteiger partial charge is 0.170 e. The first-order chi connectivity index (χ1) is 10.9. The molecule has 2 rings (SSSR count). The Morgan fingerprint density at radius 1 is 1.30 bits per heavy atom. The van der Waals surface area contributed by atoms with Crippen LogP contribution in [0.4, 0.5) is 5.69 Å². The van der Waals surface area contributed by atoms with E-state index in [0.29, 0.717) is 5.11 Å². The average Bonchev–Trinajstić information content (AvgIpc) is 2.46. The molecule has 0 unspecified atom stereocenters. The molecule has 1 aliphatic heterocycles. The van der Waals surface area contributed by atoms with Crippen LogP contribution >= 0.6 is 28.1 Å². The maximum absolute atomic E-state index is 5.37. The molecule has 0 spiro atoms. The molecule has 128 valence electrons. The number of anilines is 1. The molecule has 0 radical (unpaired) electrons. The van der Waals surface area contributed by atoms with Gasteiger partial charge < -0.3 is 15.5 Å². The van der Waals surface area contributed by atoms with Crippen molar-refractivity contribution in [3.63, 3.8) is 0 Å². The highest BCUT2D eigenvalue weighted by Gasteiger charge is 2.20. The summed E-state index contributed by atoms with van der Waals surface area (Å²) in [5.74, 6) is 1.66. The summed E-state index contributed by atoms with van der Waals surface area (Å²) in [7, 11) is 0. The van der Waals surface area contributed by atoms with Gasteiger partial charge >= 0.3 is 0 Å². The van der Waals surface area contributed by atoms with E-state index in [2.05, 4.69) is 58.3 Å². The van der Waals surface area contributed by atoms with E-state index in [1.807, 2.05) is 12.1 Å². The van der Waals surface area contributed by atoms with Gasteiger partial charge in [-0.25, -0.2) is 0 Å². The summed E-state index contributed by atoms with van der Waals surface area (Å²) in [6, 6.07) is 6.16. The van der Waals surface area contributed by atoms with Crippen molar-refractivity contribution >= 4 is 38.9 Å². The molecule has 5 heteroatoms. The largest absolute Gasteiger partial charge is 0.362 e. The van der Waals surface area contributed by atoms with Gasteiger partial charge in [0.15, 0.2) is 5.11 Å². The fourth-order valence-electron chi connectivity index (χ4n) is 3.38. The Kier molecular flexibility index (Phi) is 7.31. The number of likely N-dealkylation sites (tertiary alicyclic amines) is 1. The van der Waals surface area contributed by atoms with Gasteiger partial charge in [0.1, 0.15) is 0 Å². The van der Waals surface area contributed by atoms with Gasteiger partial charge in [-0.2, -0.15) is 0 Å². The molecule has 1 saturated heterocycles. The van der Waals surface area contributed by atoms with E-state index < -0.39 is 0 Å². The highest BCUT2D eigenvalue weighted by atomic mass is 79.9. The van der Waals surface area contributed by atoms with Crippen LogP contribution in [0.5, 0.6) is 0 Å². The summed E-state index contributed by atoms with van der Waals surface area (Å²) in [6.07, 6.45) is 2.50. The summed E-state index contributed by atoms with van der Waals surface area (Å²) in [6.45, 7) is 11.4. The van der Waals surface area contributed by atoms with Gasteiger partial charge in [-0.05, 0) is 74.1 Å². The zero-order valence-electron chi connectivity index (χ0n) is 14.4. The van der Waals surface area contributed by atoms with E-state index in [1.165, 1.54) is 25.1 Å². The van der Waals surface area contributed by atoms with E-state index >= 15 is 0 Å². The average molecular weight is 398 g/mol. The number of hydrogen-bond acceptors (Lipinski definition) is 2. The summed E-state index contributed by atoms with van der Waals surface area (Å²) >= 11 is 8.88. The third-order valence-electron chi connectivity index (χ3n) is 4.30. The first kappa shape index (κ1) is 18.7. The molecule has 1 aromatic carbocycles. The predicted molar refractivity (Wildman–Crippen MR) is 107 cm³/mol. The van der Waals surface area contributed by atoms with Gasteiger partial charge in [-0.3, -0.25) is 0 Å². The van der Waals surface area contributed by atoms with Gasteiger partial charge in [0, 0.05) is 29.8 Å². The lowest BCUT2D eigenvalue weighted by molar-refractivity contribution is 0.140. The monoisotopic (exact) mass is 397 g/mol. The molecule has 1 aliphatic rings. The summed E-state index contributed by atoms with van der Waals surface area (Å²) in [4.78, 5) is 2.59. The fraction of sp³-hybridized carbons (Fsp3) is 0.611. The molecule has 0 aliphatic carbocycles. The van der Waals surface area contributed by atoms with E-state index in [4.69, 9.17) is 12.2 Å². The summed E-state index contributed by atoms with van der Waals surface area (Å²) < 4.78 is 1.12. The van der Waals surface area contributed by atoms with Crippen LogP contribution < -0.4 is 10.6 Å². The lowest BCUT2D eigenvalue weighted by Crippen LogP contribution is -2.40. The highest BCUT2D eigenvalue weighted by Crippen LogP contribution is 2.21. The van der Waals surface area contributed by atoms with Crippen LogP contribution in [0.25, 0.3) is 0 Å². The Hall–Kier alpha value is -0.650. The minimum atomic E-state index is 0.701. The number of aryl methyl sites for hydroxylation is 1. The van der Waals surface area contributed by atoms with Crippen molar-refractivity contribution in [1.29, 1.82) is 0 Å². The number of thiocarbonyl (C=S) groups is 1. The number of nitrogens with one attached hydrogen (secondary N) is 2. The van der Waals surface area contributed by atoms with Gasteiger partial charge in [0.2, 0.25) is 0 Å². The molecule has 2 N–H and O–H groups in total. The zero-order chi connectivity index (χ0) is 16.8. The van der Waals surface area contributed by atoms with Crippen LogP contribution in [-0.4, -0.2) is 36.2 Å². The Bertz CT molecular complexity index is 525. The van der Waals surface area contributed by atoms with Crippen LogP contribution in [0.15, 0.2) is 22.7 Å². The molecular formula is C18H28BrN3S. The van der Waals surface area contributed by atoms with E-state index in [9.17, 15) is 0 Å². The molecule has 0 aromatic heterocycles. The molecule has 0 bridgehead atoms. The number of halogens is 1. The van der Waals surface area contributed by atoms with Crippen LogP contribution in [0.1, 0.15) is 32.3 Å². The SMILES string of the molecule is Cc1cc(NC(=S)NCCCN2C[C@@H](C)C[C@H](C)C2)ccc1Br. The number of piperidine rings is 1. The van der Waals surface area contributed by atoms with Crippen LogP contribution in [-0.2, 0) is 0 Å². The standard InChI is InChI=1S/C18H28BrN3S/c1-13-9-14(2)12-22(11-13)8-4-7-20-18(23)21-16-5-6-17(19)15(3)10-16/h5-6,10,13-14H,4,7-9,11-12H2,1-3H3,(H2,20,21,23)/t13-,14-/m0/s1. The molecular weight excluding hydrogens is 370 g/mol. The molecule has 0 saturated carbocycles. The van der Waals surface area contributed by atoms with Crippen molar-refractivity contribution in [2.24, 2.45) is 11.8 Å². The van der Waals surface area contributed by atoms with Gasteiger partial charge in [0.25, 0.3) is 0 Å². The van der Waals surface area contributed by atoms with Crippen LogP contribution in [0, 0.1) is 18.8 Å². The van der Waals surface area contributed by atoms with Crippen molar-refractivity contribution < 1.29 is 0 Å². The second kappa shape index (κ2) is 9.00. The number of hydrogen-bond donors (Lipinski definition) is 2. The van der Waals surface area contributed by atoms with Gasteiger partial charge in [0.05, 0.1) is 0 Å². The Balaban J connectivity index is 1.65. The minimum Gasteiger partial charge on any atom is -0.362 e. The second-order valence-corrected chi connectivity index (χ2v) is 8.17. The van der Waals surface area contributed by atoms with Crippen LogP contribution in [0.3, 0.4) is 0 Å². The van der Waals surface area contributed by atoms with Crippen molar-refractivity contribution in [2.45, 2.75) is 33.6 Å². The lowest BCUT2D eigenvalue weighted by atomic mass is 9.92. The topological polar surface area (TPSA) is 27.3 Å². The minimum absolute atomic E-state index is 0.701. The van der Waals surface area contributed by atoms with E-state index in [-0.39, 0.29) is 0 Å². The highest BCUT2D eigenvalue weighted by molar-refractivity contribution is 9.10. The third kappa shape index (κ3) is 6.40. The lowest BCUT2D eigenvalue weighted by Gasteiger charge is -2.35. The van der Waals surface area contributed by atoms with E-state index in [0.717, 1.165) is 41.5 Å². The third-order valence-corrected chi connectivity index (χ3v) is 5.43. The number of benzene rings is 1. The van der Waals surface area contributed by atoms with Gasteiger partial charge in [-0.15, -0.1) is 0 Å². The van der Waals surface area contributed by atoms with E-state index in [1.54, 1.807) is 0 Å². The quantitative estimate of drug-likeness (QED) is 0.568. The van der Waals surface area contributed by atoms with Crippen molar-refractivity contribution in [3.05, 3.63) is 28.2 Å². The number of rotatable bonds is 5. The summed E-state index contributed by atoms with van der Waals surface area (Å²) in [5.41, 5.74) is 2.23. The zero-order valence-corrected chi connectivity index (χ0v) is 16.8. The molecule has 23 heavy (non-hydrogen) atoms. The summed E-state index contributed by atoms with van der Waals surface area (Å²) in [5, 5.41) is 7.26. The fourth-order valence-corrected chi connectivity index (χ4v) is 3.84. The second-order valence-electron chi connectivity index (χ2n) is 6.90. The van der Waals surface area contributed by atoms with Crippen molar-refractivity contribution in [2.75, 3.05) is 31.5 Å². The number of nitrogens with zero attached hydrogens (tertiary/aromatic N) is 1. The first-order valence-electron chi connectivity index (χ1n) is 8.47. The molecule has 3 nitrogen and oxygen atoms in total. The van der Waals surface area contributed by atoms with Crippen molar-refractivity contribution in [1.82, 2.24) is 10.2 Å². The maximum atomic E-state index is 5.37. The maximum Gasteiger partial charge on any atom is 0.170 e. The molecule has 1 fully saturated rings. The Morgan fingerprint density at radius 3 is 2.65 bits per heavy atom. The normalized spacial score (nSPS) is 21.9. The molecule has 0 amide bonds. The molecule has 2 atom stereocenters. The molecule has 1 aromatic rings.